The molecule has 0 spiro atoms. The van der Waals surface area contributed by atoms with Crippen LogP contribution < -0.4 is 10.6 Å². The summed E-state index contributed by atoms with van der Waals surface area (Å²) >= 11 is 0. The minimum Gasteiger partial charge on any atom is -0.455 e. The molecule has 2 aromatic carbocycles. The summed E-state index contributed by atoms with van der Waals surface area (Å²) in [5.74, 6) is 0.665. The zero-order chi connectivity index (χ0) is 19.6. The first-order valence-electron chi connectivity index (χ1n) is 9.12. The SMILES string of the molecule is O=C(Nc1ccccc1)Nc1cncc(-c2cc3cnc4ccccc4c3o2)c1. The number of amides is 2. The maximum absolute atomic E-state index is 12.2. The van der Waals surface area contributed by atoms with Crippen LogP contribution in [0.1, 0.15) is 0 Å². The summed E-state index contributed by atoms with van der Waals surface area (Å²) in [5, 5.41) is 7.45. The molecule has 6 heteroatoms. The van der Waals surface area contributed by atoms with Gasteiger partial charge < -0.3 is 15.1 Å². The number of nitrogens with one attached hydrogen (secondary N) is 2. The lowest BCUT2D eigenvalue weighted by Gasteiger charge is -2.08. The molecular weight excluding hydrogens is 364 g/mol. The highest BCUT2D eigenvalue weighted by atomic mass is 16.3. The average Bonchev–Trinajstić information content (AvgIpc) is 3.20. The second kappa shape index (κ2) is 7.09. The molecule has 5 aromatic rings. The second-order valence-electron chi connectivity index (χ2n) is 6.58. The number of aromatic nitrogens is 2. The summed E-state index contributed by atoms with van der Waals surface area (Å²) < 4.78 is 6.11. The number of benzene rings is 2. The van der Waals surface area contributed by atoms with Crippen LogP contribution in [0.2, 0.25) is 0 Å². The minimum atomic E-state index is -0.338. The first-order valence-corrected chi connectivity index (χ1v) is 9.12. The predicted octanol–water partition coefficient (Wildman–Crippen LogP) is 5.69. The number of hydrogen-bond donors (Lipinski definition) is 2. The molecule has 3 heterocycles. The molecule has 5 rings (SSSR count). The fourth-order valence-corrected chi connectivity index (χ4v) is 3.23. The molecule has 0 bridgehead atoms. The summed E-state index contributed by atoms with van der Waals surface area (Å²) in [4.78, 5) is 20.9. The van der Waals surface area contributed by atoms with Gasteiger partial charge in [0.2, 0.25) is 0 Å². The average molecular weight is 380 g/mol. The third-order valence-corrected chi connectivity index (χ3v) is 4.56. The number of fused-ring (bicyclic) bond motifs is 3. The van der Waals surface area contributed by atoms with Crippen LogP contribution in [-0.4, -0.2) is 16.0 Å². The van der Waals surface area contributed by atoms with Crippen molar-refractivity contribution in [2.75, 3.05) is 10.6 Å². The molecule has 29 heavy (non-hydrogen) atoms. The Kier molecular flexibility index (Phi) is 4.14. The normalized spacial score (nSPS) is 10.9. The van der Waals surface area contributed by atoms with Gasteiger partial charge in [-0.3, -0.25) is 9.97 Å². The number of para-hydroxylation sites is 2. The van der Waals surface area contributed by atoms with Gasteiger partial charge in [-0.25, -0.2) is 4.79 Å². The Morgan fingerprint density at radius 2 is 1.62 bits per heavy atom. The number of nitrogens with zero attached hydrogens (tertiary/aromatic N) is 2. The van der Waals surface area contributed by atoms with Gasteiger partial charge in [0.15, 0.2) is 0 Å². The first kappa shape index (κ1) is 16.9. The molecule has 0 radical (unpaired) electrons. The van der Waals surface area contributed by atoms with Crippen LogP contribution in [0, 0.1) is 0 Å². The van der Waals surface area contributed by atoms with Crippen LogP contribution >= 0.6 is 0 Å². The number of hydrogen-bond acceptors (Lipinski definition) is 4. The van der Waals surface area contributed by atoms with E-state index in [4.69, 9.17) is 4.42 Å². The maximum atomic E-state index is 12.2. The molecule has 2 amide bonds. The first-order chi connectivity index (χ1) is 14.3. The monoisotopic (exact) mass is 380 g/mol. The molecule has 0 atom stereocenters. The zero-order valence-corrected chi connectivity index (χ0v) is 15.3. The molecule has 0 fully saturated rings. The van der Waals surface area contributed by atoms with Crippen molar-refractivity contribution in [1.82, 2.24) is 9.97 Å². The number of anilines is 2. The van der Waals surface area contributed by atoms with Gasteiger partial charge in [0, 0.05) is 34.4 Å². The van der Waals surface area contributed by atoms with Gasteiger partial charge in [-0.15, -0.1) is 0 Å². The van der Waals surface area contributed by atoms with Crippen molar-refractivity contribution in [3.05, 3.63) is 85.3 Å². The fraction of sp³-hybridized carbons (Fsp3) is 0. The van der Waals surface area contributed by atoms with Crippen molar-refractivity contribution in [1.29, 1.82) is 0 Å². The van der Waals surface area contributed by atoms with Crippen LogP contribution in [-0.2, 0) is 0 Å². The molecule has 0 aliphatic rings. The number of carbonyl (C=O) groups excluding carboxylic acids is 1. The van der Waals surface area contributed by atoms with Crippen LogP contribution in [0.4, 0.5) is 16.2 Å². The topological polar surface area (TPSA) is 80.0 Å². The highest BCUT2D eigenvalue weighted by Crippen LogP contribution is 2.32. The minimum absolute atomic E-state index is 0.338. The third kappa shape index (κ3) is 3.39. The summed E-state index contributed by atoms with van der Waals surface area (Å²) in [6, 6.07) is 20.5. The number of urea groups is 1. The standard InChI is InChI=1S/C23H16N4O2/c28-23(26-17-6-2-1-3-7-17)27-18-10-15(12-24-14-18)21-11-16-13-25-20-9-5-4-8-19(20)22(16)29-21/h1-14H,(H2,26,27,28). The highest BCUT2D eigenvalue weighted by molar-refractivity contribution is 6.03. The van der Waals surface area contributed by atoms with Gasteiger partial charge in [-0.1, -0.05) is 30.3 Å². The van der Waals surface area contributed by atoms with Gasteiger partial charge >= 0.3 is 6.03 Å². The van der Waals surface area contributed by atoms with E-state index in [0.717, 1.165) is 27.4 Å². The Balaban J connectivity index is 1.43. The molecule has 140 valence electrons. The predicted molar refractivity (Wildman–Crippen MR) is 114 cm³/mol. The van der Waals surface area contributed by atoms with Crippen molar-refractivity contribution in [2.45, 2.75) is 0 Å². The Morgan fingerprint density at radius 3 is 2.52 bits per heavy atom. The largest absolute Gasteiger partial charge is 0.455 e. The lowest BCUT2D eigenvalue weighted by atomic mass is 10.1. The van der Waals surface area contributed by atoms with Crippen LogP contribution in [0.15, 0.2) is 89.7 Å². The van der Waals surface area contributed by atoms with Crippen molar-refractivity contribution in [2.24, 2.45) is 0 Å². The van der Waals surface area contributed by atoms with Crippen LogP contribution in [0.5, 0.6) is 0 Å². The molecule has 6 nitrogen and oxygen atoms in total. The van der Waals surface area contributed by atoms with Crippen molar-refractivity contribution >= 4 is 39.3 Å². The van der Waals surface area contributed by atoms with Gasteiger partial charge in [-0.2, -0.15) is 0 Å². The van der Waals surface area contributed by atoms with Crippen LogP contribution in [0.3, 0.4) is 0 Å². The summed E-state index contributed by atoms with van der Waals surface area (Å²) in [5.41, 5.74) is 3.71. The molecule has 3 aromatic heterocycles. The number of carbonyl (C=O) groups is 1. The van der Waals surface area contributed by atoms with Crippen molar-refractivity contribution in [3.8, 4) is 11.3 Å². The molecule has 0 unspecified atom stereocenters. The molecule has 0 saturated heterocycles. The van der Waals surface area contributed by atoms with E-state index in [-0.39, 0.29) is 6.03 Å². The van der Waals surface area contributed by atoms with E-state index in [2.05, 4.69) is 20.6 Å². The summed E-state index contributed by atoms with van der Waals surface area (Å²) in [6.07, 6.45) is 5.09. The lowest BCUT2D eigenvalue weighted by Crippen LogP contribution is -2.19. The van der Waals surface area contributed by atoms with E-state index in [1.165, 1.54) is 0 Å². The Morgan fingerprint density at radius 1 is 0.828 bits per heavy atom. The van der Waals surface area contributed by atoms with Gasteiger partial charge in [0.1, 0.15) is 11.3 Å². The quantitative estimate of drug-likeness (QED) is 0.421. The second-order valence-corrected chi connectivity index (χ2v) is 6.58. The van der Waals surface area contributed by atoms with E-state index < -0.39 is 0 Å². The Hall–Kier alpha value is -4.19. The fourth-order valence-electron chi connectivity index (χ4n) is 3.23. The van der Waals surface area contributed by atoms with Gasteiger partial charge in [-0.05, 0) is 36.4 Å². The van der Waals surface area contributed by atoms with Crippen molar-refractivity contribution in [3.63, 3.8) is 0 Å². The number of rotatable bonds is 3. The van der Waals surface area contributed by atoms with Gasteiger partial charge in [0.25, 0.3) is 0 Å². The van der Waals surface area contributed by atoms with E-state index in [1.54, 1.807) is 18.6 Å². The molecule has 0 aliphatic heterocycles. The highest BCUT2D eigenvalue weighted by Gasteiger charge is 2.11. The van der Waals surface area contributed by atoms with E-state index >= 15 is 0 Å². The smallest absolute Gasteiger partial charge is 0.323 e. The maximum Gasteiger partial charge on any atom is 0.323 e. The number of furan rings is 1. The third-order valence-electron chi connectivity index (χ3n) is 4.56. The van der Waals surface area contributed by atoms with Crippen LogP contribution in [0.25, 0.3) is 33.2 Å². The zero-order valence-electron chi connectivity index (χ0n) is 15.3. The Bertz CT molecular complexity index is 1330. The van der Waals surface area contributed by atoms with E-state index in [9.17, 15) is 4.79 Å². The summed E-state index contributed by atoms with van der Waals surface area (Å²) in [6.45, 7) is 0. The molecule has 2 N–H and O–H groups in total. The van der Waals surface area contributed by atoms with Gasteiger partial charge in [0.05, 0.1) is 17.4 Å². The summed E-state index contributed by atoms with van der Waals surface area (Å²) in [7, 11) is 0. The molecule has 0 aliphatic carbocycles. The van der Waals surface area contributed by atoms with E-state index in [1.807, 2.05) is 66.7 Å². The van der Waals surface area contributed by atoms with E-state index in [0.29, 0.717) is 17.1 Å². The lowest BCUT2D eigenvalue weighted by molar-refractivity contribution is 0.262. The number of pyridine rings is 2. The Labute approximate surface area is 166 Å². The molecular formula is C23H16N4O2. The van der Waals surface area contributed by atoms with Crippen molar-refractivity contribution < 1.29 is 9.21 Å². The molecule has 0 saturated carbocycles.